The van der Waals surface area contributed by atoms with E-state index in [-0.39, 0.29) is 0 Å². The third-order valence-corrected chi connectivity index (χ3v) is 4.31. The Hall–Kier alpha value is -3.86. The van der Waals surface area contributed by atoms with E-state index in [2.05, 4.69) is 25.8 Å². The van der Waals surface area contributed by atoms with Crippen LogP contribution in [0.15, 0.2) is 111 Å². The number of fused-ring (bicyclic) bond motifs is 1. The van der Waals surface area contributed by atoms with Crippen LogP contribution in [0.5, 0.6) is 0 Å². The molecule has 0 aliphatic carbocycles. The van der Waals surface area contributed by atoms with Crippen molar-refractivity contribution in [2.75, 3.05) is 11.8 Å². The standard InChI is InChI=1S/C24H21N5/c1-2-25-23-17-12-18-8-6-7-11-22(18)24(23)29-28-21-15-13-20(14-16-21)27-26-19-9-4-3-5-10-19/h3-17,25H,2H2,1H3/i2D2. The molecule has 0 amide bonds. The monoisotopic (exact) mass is 381 g/mol. The lowest BCUT2D eigenvalue weighted by molar-refractivity contribution is 1.19. The molecule has 4 rings (SSSR count). The zero-order valence-electron chi connectivity index (χ0n) is 17.9. The van der Waals surface area contributed by atoms with Crippen LogP contribution in [0.25, 0.3) is 10.8 Å². The highest BCUT2D eigenvalue weighted by molar-refractivity contribution is 5.98. The van der Waals surface area contributed by atoms with Crippen molar-refractivity contribution >= 4 is 39.2 Å². The molecule has 0 unspecified atom stereocenters. The molecular weight excluding hydrogens is 358 g/mol. The summed E-state index contributed by atoms with van der Waals surface area (Å²) < 4.78 is 15.7. The van der Waals surface area contributed by atoms with E-state index in [1.807, 2.05) is 91.0 Å². The molecule has 0 aliphatic heterocycles. The highest BCUT2D eigenvalue weighted by Gasteiger charge is 2.06. The Morgan fingerprint density at radius 2 is 1.24 bits per heavy atom. The maximum Gasteiger partial charge on any atom is 0.117 e. The van der Waals surface area contributed by atoms with Crippen molar-refractivity contribution in [2.24, 2.45) is 20.5 Å². The summed E-state index contributed by atoms with van der Waals surface area (Å²) in [6.07, 6.45) is 0. The zero-order valence-corrected chi connectivity index (χ0v) is 15.9. The Bertz CT molecular complexity index is 1230. The van der Waals surface area contributed by atoms with Gasteiger partial charge in [0.15, 0.2) is 0 Å². The molecule has 0 aliphatic rings. The van der Waals surface area contributed by atoms with E-state index in [0.29, 0.717) is 17.1 Å². The number of hydrogen-bond acceptors (Lipinski definition) is 5. The van der Waals surface area contributed by atoms with Crippen molar-refractivity contribution in [3.8, 4) is 0 Å². The number of nitrogens with one attached hydrogen (secondary N) is 1. The Kier molecular flexibility index (Phi) is 4.94. The molecule has 4 aromatic carbocycles. The van der Waals surface area contributed by atoms with Crippen molar-refractivity contribution in [3.05, 3.63) is 91.0 Å². The fourth-order valence-electron chi connectivity index (χ4n) is 2.90. The Morgan fingerprint density at radius 3 is 1.93 bits per heavy atom. The molecule has 4 aromatic rings. The first-order valence-corrected chi connectivity index (χ1v) is 9.26. The largest absolute Gasteiger partial charge is 0.384 e. The maximum atomic E-state index is 7.86. The first-order chi connectivity index (χ1) is 15.0. The van der Waals surface area contributed by atoms with E-state index < -0.39 is 6.50 Å². The SMILES string of the molecule is [2H]C([2H])(C)Nc1ccc2ccccc2c1N=Nc1ccc(N=Nc2ccccc2)cc1. The fourth-order valence-corrected chi connectivity index (χ4v) is 2.90. The van der Waals surface area contributed by atoms with Crippen LogP contribution in [-0.2, 0) is 0 Å². The van der Waals surface area contributed by atoms with Crippen LogP contribution in [0.3, 0.4) is 0 Å². The van der Waals surface area contributed by atoms with E-state index in [0.717, 1.165) is 22.1 Å². The van der Waals surface area contributed by atoms with Crippen LogP contribution in [0.4, 0.5) is 28.4 Å². The molecule has 5 heteroatoms. The number of azo groups is 2. The van der Waals surface area contributed by atoms with Gasteiger partial charge in [-0.3, -0.25) is 0 Å². The van der Waals surface area contributed by atoms with Gasteiger partial charge in [-0.25, -0.2) is 0 Å². The lowest BCUT2D eigenvalue weighted by Gasteiger charge is -2.09. The molecule has 142 valence electrons. The van der Waals surface area contributed by atoms with Gasteiger partial charge in [0.05, 0.1) is 22.7 Å². The molecule has 1 N–H and O–H groups in total. The van der Waals surface area contributed by atoms with Gasteiger partial charge in [0.1, 0.15) is 5.69 Å². The van der Waals surface area contributed by atoms with E-state index in [1.165, 1.54) is 6.92 Å². The predicted octanol–water partition coefficient (Wildman–Crippen LogP) is 8.10. The molecule has 0 saturated heterocycles. The zero-order chi connectivity index (χ0) is 21.7. The minimum absolute atomic E-state index is 0.586. The van der Waals surface area contributed by atoms with E-state index >= 15 is 0 Å². The van der Waals surface area contributed by atoms with Crippen molar-refractivity contribution in [1.29, 1.82) is 0 Å². The van der Waals surface area contributed by atoms with Gasteiger partial charge in [-0.2, -0.15) is 15.3 Å². The summed E-state index contributed by atoms with van der Waals surface area (Å²) in [5.74, 6) is 0. The molecule has 0 bridgehead atoms. The Morgan fingerprint density at radius 1 is 0.655 bits per heavy atom. The molecule has 0 saturated carbocycles. The topological polar surface area (TPSA) is 61.5 Å². The summed E-state index contributed by atoms with van der Waals surface area (Å²) in [5.41, 5.74) is 3.35. The Labute approximate surface area is 172 Å². The van der Waals surface area contributed by atoms with Gasteiger partial charge < -0.3 is 5.32 Å². The first-order valence-electron chi connectivity index (χ1n) is 10.3. The van der Waals surface area contributed by atoms with E-state index in [1.54, 1.807) is 0 Å². The van der Waals surface area contributed by atoms with Crippen molar-refractivity contribution in [3.63, 3.8) is 0 Å². The lowest BCUT2D eigenvalue weighted by Crippen LogP contribution is -1.96. The number of benzene rings is 4. The van der Waals surface area contributed by atoms with E-state index in [4.69, 9.17) is 2.74 Å². The summed E-state index contributed by atoms with van der Waals surface area (Å²) in [6, 6.07) is 28.4. The smallest absolute Gasteiger partial charge is 0.117 e. The van der Waals surface area contributed by atoms with Crippen molar-refractivity contribution in [1.82, 2.24) is 0 Å². The third kappa shape index (κ3) is 4.52. The minimum atomic E-state index is -1.59. The molecule has 0 atom stereocenters. The molecule has 0 spiro atoms. The molecule has 29 heavy (non-hydrogen) atoms. The van der Waals surface area contributed by atoms with Gasteiger partial charge >= 0.3 is 0 Å². The molecule has 0 fully saturated rings. The lowest BCUT2D eigenvalue weighted by atomic mass is 10.1. The van der Waals surface area contributed by atoms with Crippen molar-refractivity contribution < 1.29 is 2.74 Å². The number of nitrogens with zero attached hydrogens (tertiary/aromatic N) is 4. The van der Waals surface area contributed by atoms with Crippen LogP contribution >= 0.6 is 0 Å². The molecule has 5 nitrogen and oxygen atoms in total. The second-order valence-corrected chi connectivity index (χ2v) is 6.31. The van der Waals surface area contributed by atoms with Gasteiger partial charge in [-0.05, 0) is 54.8 Å². The highest BCUT2D eigenvalue weighted by atomic mass is 15.1. The minimum Gasteiger partial charge on any atom is -0.384 e. The summed E-state index contributed by atoms with van der Waals surface area (Å²) in [5, 5.41) is 22.0. The highest BCUT2D eigenvalue weighted by Crippen LogP contribution is 2.35. The summed E-state index contributed by atoms with van der Waals surface area (Å²) >= 11 is 0. The van der Waals surface area contributed by atoms with E-state index in [9.17, 15) is 0 Å². The predicted molar refractivity (Wildman–Crippen MR) is 119 cm³/mol. The molecule has 0 radical (unpaired) electrons. The Balaban J connectivity index is 1.60. The normalized spacial score (nSPS) is 13.0. The van der Waals surface area contributed by atoms with Gasteiger partial charge in [0, 0.05) is 14.6 Å². The first kappa shape index (κ1) is 16.1. The summed E-state index contributed by atoms with van der Waals surface area (Å²) in [7, 11) is 0. The quantitative estimate of drug-likeness (QED) is 0.337. The third-order valence-electron chi connectivity index (χ3n) is 4.31. The van der Waals surface area contributed by atoms with Crippen LogP contribution in [0.1, 0.15) is 9.67 Å². The average Bonchev–Trinajstić information content (AvgIpc) is 2.77. The summed E-state index contributed by atoms with van der Waals surface area (Å²) in [4.78, 5) is 0. The van der Waals surface area contributed by atoms with Crippen LogP contribution in [0.2, 0.25) is 0 Å². The van der Waals surface area contributed by atoms with Crippen LogP contribution in [0, 0.1) is 0 Å². The van der Waals surface area contributed by atoms with Crippen LogP contribution in [-0.4, -0.2) is 6.50 Å². The maximum absolute atomic E-state index is 7.86. The average molecular weight is 381 g/mol. The van der Waals surface area contributed by atoms with Gasteiger partial charge in [0.25, 0.3) is 0 Å². The number of anilines is 1. The van der Waals surface area contributed by atoms with Crippen LogP contribution < -0.4 is 5.32 Å². The second-order valence-electron chi connectivity index (χ2n) is 6.31. The van der Waals surface area contributed by atoms with Gasteiger partial charge in [-0.1, -0.05) is 48.5 Å². The second kappa shape index (κ2) is 8.89. The van der Waals surface area contributed by atoms with Crippen molar-refractivity contribution in [2.45, 2.75) is 6.92 Å². The fraction of sp³-hybridized carbons (Fsp3) is 0.0833. The summed E-state index contributed by atoms with van der Waals surface area (Å²) in [6.45, 7) is -0.121. The van der Waals surface area contributed by atoms with Gasteiger partial charge in [-0.15, -0.1) is 5.11 Å². The molecular formula is C24H21N5. The number of rotatable bonds is 6. The number of hydrogen-bond donors (Lipinski definition) is 1. The molecule has 0 aromatic heterocycles. The van der Waals surface area contributed by atoms with Gasteiger partial charge in [0.2, 0.25) is 0 Å². The molecule has 0 heterocycles.